The Balaban J connectivity index is 1.63. The van der Waals surface area contributed by atoms with Crippen LogP contribution in [0.1, 0.15) is 25.3 Å². The maximum atomic E-state index is 4.20. The van der Waals surface area contributed by atoms with Gasteiger partial charge in [-0.3, -0.25) is 5.10 Å². The van der Waals surface area contributed by atoms with Gasteiger partial charge in [0.1, 0.15) is 0 Å². The molecule has 1 aromatic carbocycles. The lowest BCUT2D eigenvalue weighted by Crippen LogP contribution is -2.32. The molecule has 4 heteroatoms. The van der Waals surface area contributed by atoms with E-state index >= 15 is 0 Å². The molecule has 0 radical (unpaired) electrons. The monoisotopic (exact) mass is 287 g/mol. The summed E-state index contributed by atoms with van der Waals surface area (Å²) in [7, 11) is 0. The van der Waals surface area contributed by atoms with Gasteiger partial charge in [-0.05, 0) is 31.1 Å². The number of thioether (sulfide) groups is 1. The Morgan fingerprint density at radius 2 is 2.20 bits per heavy atom. The first-order valence-electron chi connectivity index (χ1n) is 7.19. The van der Waals surface area contributed by atoms with Crippen LogP contribution in [0.3, 0.4) is 0 Å². The lowest BCUT2D eigenvalue weighted by molar-refractivity contribution is 0.537. The molecule has 1 fully saturated rings. The predicted octanol–water partition coefficient (Wildman–Crippen LogP) is 3.45. The number of nitrogens with one attached hydrogen (secondary N) is 2. The summed E-state index contributed by atoms with van der Waals surface area (Å²) in [5.74, 6) is 1.30. The molecule has 2 N–H and O–H groups in total. The largest absolute Gasteiger partial charge is 0.311 e. The van der Waals surface area contributed by atoms with E-state index in [0.29, 0.717) is 4.75 Å². The van der Waals surface area contributed by atoms with Gasteiger partial charge in [0.15, 0.2) is 0 Å². The zero-order chi connectivity index (χ0) is 13.8. The van der Waals surface area contributed by atoms with Crippen molar-refractivity contribution in [1.82, 2.24) is 15.5 Å². The highest BCUT2D eigenvalue weighted by atomic mass is 32.2. The Morgan fingerprint density at radius 1 is 1.35 bits per heavy atom. The fourth-order valence-corrected chi connectivity index (χ4v) is 4.01. The average molecular weight is 287 g/mol. The molecular weight excluding hydrogens is 266 g/mol. The van der Waals surface area contributed by atoms with Crippen molar-refractivity contribution < 1.29 is 0 Å². The summed E-state index contributed by atoms with van der Waals surface area (Å²) in [6, 6.07) is 10.4. The highest BCUT2D eigenvalue weighted by Gasteiger charge is 2.28. The van der Waals surface area contributed by atoms with E-state index in [1.54, 1.807) is 0 Å². The van der Waals surface area contributed by atoms with Crippen molar-refractivity contribution in [2.75, 3.05) is 12.3 Å². The van der Waals surface area contributed by atoms with Crippen molar-refractivity contribution in [3.05, 3.63) is 42.1 Å². The number of rotatable bonds is 5. The van der Waals surface area contributed by atoms with Crippen LogP contribution in [0.5, 0.6) is 0 Å². The standard InChI is InChI=1S/C16H21N3S/c1-16(8-5-9-20-16)12-17-10-14-11-18-19-15(14)13-6-3-2-4-7-13/h2-4,6-7,11,17H,5,8-10,12H2,1H3,(H,18,19). The van der Waals surface area contributed by atoms with Gasteiger partial charge in [-0.15, -0.1) is 0 Å². The highest BCUT2D eigenvalue weighted by molar-refractivity contribution is 8.00. The molecule has 1 unspecified atom stereocenters. The van der Waals surface area contributed by atoms with E-state index in [-0.39, 0.29) is 0 Å². The highest BCUT2D eigenvalue weighted by Crippen LogP contribution is 2.37. The van der Waals surface area contributed by atoms with Crippen molar-refractivity contribution in [2.45, 2.75) is 31.1 Å². The van der Waals surface area contributed by atoms with Crippen LogP contribution in [0.15, 0.2) is 36.5 Å². The van der Waals surface area contributed by atoms with Crippen molar-refractivity contribution in [2.24, 2.45) is 0 Å². The number of aromatic amines is 1. The fraction of sp³-hybridized carbons (Fsp3) is 0.438. The zero-order valence-electron chi connectivity index (χ0n) is 11.9. The lowest BCUT2D eigenvalue weighted by Gasteiger charge is -2.22. The second kappa shape index (κ2) is 6.02. The normalized spacial score (nSPS) is 22.2. The predicted molar refractivity (Wildman–Crippen MR) is 85.8 cm³/mol. The molecule has 106 valence electrons. The average Bonchev–Trinajstić information content (AvgIpc) is 3.10. The summed E-state index contributed by atoms with van der Waals surface area (Å²) in [4.78, 5) is 0. The molecule has 1 aliphatic rings. The molecule has 1 atom stereocenters. The minimum Gasteiger partial charge on any atom is -0.311 e. The Morgan fingerprint density at radius 3 is 2.95 bits per heavy atom. The van der Waals surface area contributed by atoms with Gasteiger partial charge in [0, 0.05) is 23.4 Å². The van der Waals surface area contributed by atoms with Crippen molar-refractivity contribution in [3.8, 4) is 11.3 Å². The Labute approximate surface area is 124 Å². The smallest absolute Gasteiger partial charge is 0.0695 e. The van der Waals surface area contributed by atoms with E-state index in [0.717, 1.165) is 18.8 Å². The molecular formula is C16H21N3S. The molecule has 20 heavy (non-hydrogen) atoms. The van der Waals surface area contributed by atoms with E-state index in [9.17, 15) is 0 Å². The first-order valence-corrected chi connectivity index (χ1v) is 8.18. The molecule has 1 aliphatic heterocycles. The molecule has 0 aliphatic carbocycles. The van der Waals surface area contributed by atoms with Crippen molar-refractivity contribution in [3.63, 3.8) is 0 Å². The third kappa shape index (κ3) is 3.07. The number of hydrogen-bond donors (Lipinski definition) is 2. The molecule has 0 saturated carbocycles. The molecule has 1 aromatic heterocycles. The Hall–Kier alpha value is -1.26. The van der Waals surface area contributed by atoms with Gasteiger partial charge in [0.2, 0.25) is 0 Å². The summed E-state index contributed by atoms with van der Waals surface area (Å²) in [6.45, 7) is 4.30. The van der Waals surface area contributed by atoms with Gasteiger partial charge in [-0.25, -0.2) is 0 Å². The van der Waals surface area contributed by atoms with E-state index in [1.807, 2.05) is 12.3 Å². The summed E-state index contributed by atoms with van der Waals surface area (Å²) in [6.07, 6.45) is 4.60. The summed E-state index contributed by atoms with van der Waals surface area (Å²) < 4.78 is 0.413. The van der Waals surface area contributed by atoms with Crippen LogP contribution in [0.2, 0.25) is 0 Å². The molecule has 1 saturated heterocycles. The molecule has 2 aromatic rings. The number of hydrogen-bond acceptors (Lipinski definition) is 3. The number of aromatic nitrogens is 2. The first-order chi connectivity index (χ1) is 9.77. The lowest BCUT2D eigenvalue weighted by atomic mass is 10.1. The Kier molecular flexibility index (Phi) is 4.13. The summed E-state index contributed by atoms with van der Waals surface area (Å²) in [5, 5.41) is 10.9. The van der Waals surface area contributed by atoms with E-state index < -0.39 is 0 Å². The third-order valence-corrected chi connectivity index (χ3v) is 5.43. The topological polar surface area (TPSA) is 40.7 Å². The van der Waals surface area contributed by atoms with Crippen LogP contribution in [0.25, 0.3) is 11.3 Å². The van der Waals surface area contributed by atoms with Gasteiger partial charge < -0.3 is 5.32 Å². The van der Waals surface area contributed by atoms with Gasteiger partial charge >= 0.3 is 0 Å². The van der Waals surface area contributed by atoms with Gasteiger partial charge in [-0.2, -0.15) is 16.9 Å². The van der Waals surface area contributed by atoms with Crippen LogP contribution < -0.4 is 5.32 Å². The van der Waals surface area contributed by atoms with Crippen LogP contribution in [-0.2, 0) is 6.54 Å². The number of benzene rings is 1. The van der Waals surface area contributed by atoms with Gasteiger partial charge in [-0.1, -0.05) is 30.3 Å². The minimum absolute atomic E-state index is 0.413. The van der Waals surface area contributed by atoms with Crippen LogP contribution in [-0.4, -0.2) is 27.2 Å². The third-order valence-electron chi connectivity index (χ3n) is 3.90. The van der Waals surface area contributed by atoms with Crippen LogP contribution in [0.4, 0.5) is 0 Å². The van der Waals surface area contributed by atoms with E-state index in [1.165, 1.54) is 29.7 Å². The van der Waals surface area contributed by atoms with Crippen LogP contribution >= 0.6 is 11.8 Å². The summed E-state index contributed by atoms with van der Waals surface area (Å²) >= 11 is 2.10. The van der Waals surface area contributed by atoms with Gasteiger partial charge in [0.25, 0.3) is 0 Å². The molecule has 0 bridgehead atoms. The van der Waals surface area contributed by atoms with E-state index in [2.05, 4.69) is 58.5 Å². The molecule has 3 nitrogen and oxygen atoms in total. The second-order valence-corrected chi connectivity index (χ2v) is 7.32. The second-order valence-electron chi connectivity index (χ2n) is 5.64. The molecule has 2 heterocycles. The molecule has 0 spiro atoms. The van der Waals surface area contributed by atoms with Crippen LogP contribution in [0, 0.1) is 0 Å². The quantitative estimate of drug-likeness (QED) is 0.885. The first kappa shape index (κ1) is 13.7. The van der Waals surface area contributed by atoms with Crippen molar-refractivity contribution in [1.29, 1.82) is 0 Å². The molecule has 0 amide bonds. The Bertz CT molecular complexity index is 544. The summed E-state index contributed by atoms with van der Waals surface area (Å²) in [5.41, 5.74) is 3.56. The maximum Gasteiger partial charge on any atom is 0.0695 e. The fourth-order valence-electron chi connectivity index (χ4n) is 2.74. The zero-order valence-corrected chi connectivity index (χ0v) is 12.7. The maximum absolute atomic E-state index is 4.20. The van der Waals surface area contributed by atoms with Gasteiger partial charge in [0.05, 0.1) is 11.9 Å². The number of nitrogens with zero attached hydrogens (tertiary/aromatic N) is 1. The van der Waals surface area contributed by atoms with E-state index in [4.69, 9.17) is 0 Å². The SMILES string of the molecule is CC1(CNCc2cn[nH]c2-c2ccccc2)CCCS1. The number of H-pyrrole nitrogens is 1. The van der Waals surface area contributed by atoms with Crippen molar-refractivity contribution >= 4 is 11.8 Å². The minimum atomic E-state index is 0.413. The molecule has 3 rings (SSSR count).